The molecule has 2 aromatic heterocycles. The Balaban J connectivity index is 1.74. The van der Waals surface area contributed by atoms with E-state index in [1.54, 1.807) is 10.9 Å². The Labute approximate surface area is 142 Å². The molecule has 24 heavy (non-hydrogen) atoms. The second-order valence-corrected chi connectivity index (χ2v) is 6.31. The van der Waals surface area contributed by atoms with Crippen LogP contribution in [0.3, 0.4) is 0 Å². The fourth-order valence-corrected chi connectivity index (χ4v) is 3.09. The summed E-state index contributed by atoms with van der Waals surface area (Å²) < 4.78 is 9.00. The van der Waals surface area contributed by atoms with Crippen LogP contribution in [0, 0.1) is 0 Å². The van der Waals surface area contributed by atoms with E-state index in [9.17, 15) is 4.79 Å². The maximum absolute atomic E-state index is 12.8. The van der Waals surface area contributed by atoms with Crippen LogP contribution in [0.1, 0.15) is 60.3 Å². The molecule has 0 aromatic carbocycles. The Kier molecular flexibility index (Phi) is 4.99. The van der Waals surface area contributed by atoms with Gasteiger partial charge in [-0.1, -0.05) is 0 Å². The third kappa shape index (κ3) is 3.51. The van der Waals surface area contributed by atoms with Gasteiger partial charge in [0.2, 0.25) is 0 Å². The van der Waals surface area contributed by atoms with Gasteiger partial charge in [0.05, 0.1) is 23.5 Å². The molecule has 0 saturated carbocycles. The van der Waals surface area contributed by atoms with Crippen LogP contribution in [0.4, 0.5) is 0 Å². The first-order valence-corrected chi connectivity index (χ1v) is 8.53. The maximum Gasteiger partial charge on any atom is 0.255 e. The van der Waals surface area contributed by atoms with Gasteiger partial charge in [-0.05, 0) is 26.7 Å². The highest BCUT2D eigenvalue weighted by atomic mass is 16.5. The standard InChI is InChI=1S/C17H25N5O2/c1-4-22-10-14(9-18-22)12(2)19-17(23)15-11-21(3)20-16(15)13-5-7-24-8-6-13/h9-13H,4-8H2,1-3H3,(H,19,23). The van der Waals surface area contributed by atoms with Crippen LogP contribution in [-0.2, 0) is 18.3 Å². The molecule has 1 aliphatic heterocycles. The molecule has 1 saturated heterocycles. The number of hydrogen-bond donors (Lipinski definition) is 1. The second-order valence-electron chi connectivity index (χ2n) is 6.31. The molecule has 1 atom stereocenters. The molecule has 7 nitrogen and oxygen atoms in total. The second kappa shape index (κ2) is 7.17. The van der Waals surface area contributed by atoms with E-state index in [1.165, 1.54) is 0 Å². The number of rotatable bonds is 5. The van der Waals surface area contributed by atoms with Gasteiger partial charge in [-0.2, -0.15) is 10.2 Å². The number of nitrogens with zero attached hydrogens (tertiary/aromatic N) is 4. The average molecular weight is 331 g/mol. The van der Waals surface area contributed by atoms with Crippen LogP contribution in [-0.4, -0.2) is 38.7 Å². The Hall–Kier alpha value is -2.15. The zero-order valence-electron chi connectivity index (χ0n) is 14.5. The van der Waals surface area contributed by atoms with Crippen LogP contribution < -0.4 is 5.32 Å². The van der Waals surface area contributed by atoms with E-state index in [0.29, 0.717) is 11.5 Å². The fraction of sp³-hybridized carbons (Fsp3) is 0.588. The van der Waals surface area contributed by atoms with Crippen LogP contribution in [0.2, 0.25) is 0 Å². The van der Waals surface area contributed by atoms with E-state index in [2.05, 4.69) is 15.5 Å². The summed E-state index contributed by atoms with van der Waals surface area (Å²) in [5.74, 6) is 0.209. The third-order valence-electron chi connectivity index (χ3n) is 4.53. The highest BCUT2D eigenvalue weighted by molar-refractivity contribution is 5.95. The zero-order chi connectivity index (χ0) is 17.1. The van der Waals surface area contributed by atoms with Gasteiger partial charge in [0.15, 0.2) is 0 Å². The Morgan fingerprint density at radius 2 is 2.17 bits per heavy atom. The van der Waals surface area contributed by atoms with Gasteiger partial charge in [-0.15, -0.1) is 0 Å². The molecule has 1 unspecified atom stereocenters. The van der Waals surface area contributed by atoms with Crippen molar-refractivity contribution < 1.29 is 9.53 Å². The first-order chi connectivity index (χ1) is 11.6. The fourth-order valence-electron chi connectivity index (χ4n) is 3.09. The van der Waals surface area contributed by atoms with Crippen molar-refractivity contribution in [2.75, 3.05) is 13.2 Å². The Morgan fingerprint density at radius 1 is 1.42 bits per heavy atom. The molecule has 2 aromatic rings. The molecular weight excluding hydrogens is 306 g/mol. The number of carbonyl (C=O) groups excluding carboxylic acids is 1. The lowest BCUT2D eigenvalue weighted by Gasteiger charge is -2.21. The number of carbonyl (C=O) groups is 1. The molecule has 130 valence electrons. The summed E-state index contributed by atoms with van der Waals surface area (Å²) in [7, 11) is 1.86. The summed E-state index contributed by atoms with van der Waals surface area (Å²) in [4.78, 5) is 12.8. The summed E-state index contributed by atoms with van der Waals surface area (Å²) in [6.07, 6.45) is 7.40. The van der Waals surface area contributed by atoms with Crippen molar-refractivity contribution in [3.63, 3.8) is 0 Å². The van der Waals surface area contributed by atoms with Crippen molar-refractivity contribution in [1.29, 1.82) is 0 Å². The van der Waals surface area contributed by atoms with Gasteiger partial charge in [0, 0.05) is 50.7 Å². The largest absolute Gasteiger partial charge is 0.381 e. The van der Waals surface area contributed by atoms with E-state index in [1.807, 2.05) is 38.0 Å². The van der Waals surface area contributed by atoms with Crippen LogP contribution in [0.15, 0.2) is 18.6 Å². The summed E-state index contributed by atoms with van der Waals surface area (Å²) in [5.41, 5.74) is 2.55. The lowest BCUT2D eigenvalue weighted by Crippen LogP contribution is -2.28. The van der Waals surface area contributed by atoms with Crippen molar-refractivity contribution in [1.82, 2.24) is 24.9 Å². The molecule has 0 radical (unpaired) electrons. The van der Waals surface area contributed by atoms with E-state index >= 15 is 0 Å². The molecule has 3 heterocycles. The van der Waals surface area contributed by atoms with Crippen molar-refractivity contribution in [3.8, 4) is 0 Å². The van der Waals surface area contributed by atoms with Crippen LogP contribution >= 0.6 is 0 Å². The molecule has 0 bridgehead atoms. The number of ether oxygens (including phenoxy) is 1. The highest BCUT2D eigenvalue weighted by Crippen LogP contribution is 2.28. The number of amides is 1. The first-order valence-electron chi connectivity index (χ1n) is 8.53. The zero-order valence-corrected chi connectivity index (χ0v) is 14.5. The monoisotopic (exact) mass is 331 g/mol. The number of nitrogens with one attached hydrogen (secondary N) is 1. The molecule has 0 spiro atoms. The van der Waals surface area contributed by atoms with Gasteiger partial charge in [-0.25, -0.2) is 0 Å². The van der Waals surface area contributed by atoms with E-state index in [0.717, 1.165) is 43.9 Å². The van der Waals surface area contributed by atoms with E-state index < -0.39 is 0 Å². The quantitative estimate of drug-likeness (QED) is 0.910. The normalized spacial score (nSPS) is 17.0. The van der Waals surface area contributed by atoms with Crippen molar-refractivity contribution >= 4 is 5.91 Å². The number of aryl methyl sites for hydroxylation is 2. The van der Waals surface area contributed by atoms with Crippen molar-refractivity contribution in [2.24, 2.45) is 7.05 Å². The topological polar surface area (TPSA) is 74.0 Å². The Morgan fingerprint density at radius 3 is 2.83 bits per heavy atom. The molecule has 1 N–H and O–H groups in total. The minimum atomic E-state index is -0.0967. The van der Waals surface area contributed by atoms with Crippen molar-refractivity contribution in [2.45, 2.75) is 45.2 Å². The predicted octanol–water partition coefficient (Wildman–Crippen LogP) is 2.02. The molecule has 1 fully saturated rings. The minimum absolute atomic E-state index is 0.0821. The molecule has 1 aliphatic rings. The molecule has 7 heteroatoms. The van der Waals surface area contributed by atoms with Gasteiger partial charge < -0.3 is 10.1 Å². The SMILES string of the molecule is CCn1cc(C(C)NC(=O)c2cn(C)nc2C2CCOCC2)cn1. The Bertz CT molecular complexity index is 700. The lowest BCUT2D eigenvalue weighted by molar-refractivity contribution is 0.0831. The van der Waals surface area contributed by atoms with E-state index in [4.69, 9.17) is 4.74 Å². The predicted molar refractivity (Wildman–Crippen MR) is 89.8 cm³/mol. The van der Waals surface area contributed by atoms with Crippen LogP contribution in [0.5, 0.6) is 0 Å². The lowest BCUT2D eigenvalue weighted by atomic mass is 9.93. The first kappa shape index (κ1) is 16.7. The molecular formula is C17H25N5O2. The third-order valence-corrected chi connectivity index (χ3v) is 4.53. The summed E-state index contributed by atoms with van der Waals surface area (Å²) >= 11 is 0. The smallest absolute Gasteiger partial charge is 0.255 e. The van der Waals surface area contributed by atoms with Crippen LogP contribution in [0.25, 0.3) is 0 Å². The number of aromatic nitrogens is 4. The number of hydrogen-bond acceptors (Lipinski definition) is 4. The molecule has 3 rings (SSSR count). The summed E-state index contributed by atoms with van der Waals surface area (Å²) in [6.45, 7) is 6.29. The van der Waals surface area contributed by atoms with Gasteiger partial charge in [0.25, 0.3) is 5.91 Å². The highest BCUT2D eigenvalue weighted by Gasteiger charge is 2.26. The summed E-state index contributed by atoms with van der Waals surface area (Å²) in [5, 5.41) is 11.9. The van der Waals surface area contributed by atoms with Gasteiger partial charge >= 0.3 is 0 Å². The minimum Gasteiger partial charge on any atom is -0.381 e. The van der Waals surface area contributed by atoms with Gasteiger partial charge in [-0.3, -0.25) is 14.2 Å². The van der Waals surface area contributed by atoms with E-state index in [-0.39, 0.29) is 11.9 Å². The van der Waals surface area contributed by atoms with Crippen molar-refractivity contribution in [3.05, 3.63) is 35.4 Å². The van der Waals surface area contributed by atoms with Gasteiger partial charge in [0.1, 0.15) is 0 Å². The molecule has 0 aliphatic carbocycles. The molecule has 1 amide bonds. The maximum atomic E-state index is 12.8. The summed E-state index contributed by atoms with van der Waals surface area (Å²) in [6, 6.07) is -0.0967. The average Bonchev–Trinajstić information content (AvgIpc) is 3.22.